The van der Waals surface area contributed by atoms with Crippen LogP contribution in [0.1, 0.15) is 28.1 Å². The van der Waals surface area contributed by atoms with Gasteiger partial charge in [-0.3, -0.25) is 4.79 Å². The van der Waals surface area contributed by atoms with E-state index in [0.717, 1.165) is 17.7 Å². The van der Waals surface area contributed by atoms with Gasteiger partial charge in [-0.15, -0.1) is 11.3 Å². The second-order valence-corrected chi connectivity index (χ2v) is 6.01. The van der Waals surface area contributed by atoms with Crippen molar-refractivity contribution >= 4 is 22.9 Å². The highest BCUT2D eigenvalue weighted by molar-refractivity contribution is 7.09. The molecule has 0 saturated heterocycles. The van der Waals surface area contributed by atoms with Crippen molar-refractivity contribution in [3.8, 4) is 0 Å². The van der Waals surface area contributed by atoms with Crippen LogP contribution in [0.25, 0.3) is 0 Å². The largest absolute Gasteiger partial charge is 0.396 e. The number of hydrogen-bond acceptors (Lipinski definition) is 3. The molecule has 1 saturated carbocycles. The molecule has 0 spiro atoms. The van der Waals surface area contributed by atoms with Crippen LogP contribution in [0.2, 0.25) is 0 Å². The third kappa shape index (κ3) is 2.67. The minimum Gasteiger partial charge on any atom is -0.396 e. The number of benzene rings is 1. The van der Waals surface area contributed by atoms with E-state index in [0.29, 0.717) is 18.2 Å². The number of carbonyl (C=O) groups excluding carboxylic acids is 1. The standard InChI is InChI=1S/C15H15FN2OS/c16-13-6-3-10(8-14(13)17)15(19)18(11-4-5-11)9-12-2-1-7-20-12/h1-3,6-8,11H,4-5,9,17H2. The lowest BCUT2D eigenvalue weighted by molar-refractivity contribution is 0.0731. The molecule has 1 aliphatic carbocycles. The Morgan fingerprint density at radius 3 is 2.80 bits per heavy atom. The van der Waals surface area contributed by atoms with Crippen LogP contribution in [0.4, 0.5) is 10.1 Å². The quantitative estimate of drug-likeness (QED) is 0.878. The maximum absolute atomic E-state index is 13.2. The minimum atomic E-state index is -0.488. The molecule has 0 unspecified atom stereocenters. The second kappa shape index (κ2) is 5.25. The van der Waals surface area contributed by atoms with Crippen molar-refractivity contribution < 1.29 is 9.18 Å². The Morgan fingerprint density at radius 1 is 1.40 bits per heavy atom. The number of nitrogens with zero attached hydrogens (tertiary/aromatic N) is 1. The number of amides is 1. The smallest absolute Gasteiger partial charge is 0.254 e. The zero-order valence-electron chi connectivity index (χ0n) is 10.9. The summed E-state index contributed by atoms with van der Waals surface area (Å²) in [6.45, 7) is 0.610. The summed E-state index contributed by atoms with van der Waals surface area (Å²) in [4.78, 5) is 15.6. The molecule has 104 valence electrons. The van der Waals surface area contributed by atoms with Crippen molar-refractivity contribution in [2.24, 2.45) is 0 Å². The Hall–Kier alpha value is -1.88. The van der Waals surface area contributed by atoms with Crippen LogP contribution < -0.4 is 5.73 Å². The van der Waals surface area contributed by atoms with Gasteiger partial charge in [0.25, 0.3) is 5.91 Å². The summed E-state index contributed by atoms with van der Waals surface area (Å²) in [5.41, 5.74) is 6.01. The first kappa shape index (κ1) is 13.1. The maximum Gasteiger partial charge on any atom is 0.254 e. The number of carbonyl (C=O) groups is 1. The Labute approximate surface area is 120 Å². The van der Waals surface area contributed by atoms with Gasteiger partial charge in [-0.1, -0.05) is 6.07 Å². The van der Waals surface area contributed by atoms with E-state index in [9.17, 15) is 9.18 Å². The summed E-state index contributed by atoms with van der Waals surface area (Å²) in [7, 11) is 0. The van der Waals surface area contributed by atoms with Gasteiger partial charge in [-0.25, -0.2) is 4.39 Å². The number of rotatable bonds is 4. The number of nitrogen functional groups attached to an aromatic ring is 1. The lowest BCUT2D eigenvalue weighted by Gasteiger charge is -2.22. The molecule has 2 aromatic rings. The summed E-state index contributed by atoms with van der Waals surface area (Å²) in [5, 5.41) is 2.00. The number of nitrogens with two attached hydrogens (primary N) is 1. The summed E-state index contributed by atoms with van der Waals surface area (Å²) in [6.07, 6.45) is 2.07. The third-order valence-electron chi connectivity index (χ3n) is 3.40. The van der Waals surface area contributed by atoms with E-state index < -0.39 is 5.82 Å². The fourth-order valence-electron chi connectivity index (χ4n) is 2.17. The molecule has 0 atom stereocenters. The summed E-state index contributed by atoms with van der Waals surface area (Å²) < 4.78 is 13.2. The summed E-state index contributed by atoms with van der Waals surface area (Å²) in [6, 6.07) is 8.46. The average Bonchev–Trinajstić information content (AvgIpc) is 3.15. The van der Waals surface area contributed by atoms with E-state index in [1.165, 1.54) is 18.2 Å². The van der Waals surface area contributed by atoms with Gasteiger partial charge >= 0.3 is 0 Å². The SMILES string of the molecule is Nc1cc(C(=O)N(Cc2cccs2)C2CC2)ccc1F. The van der Waals surface area contributed by atoms with Gasteiger partial charge in [-0.2, -0.15) is 0 Å². The molecule has 1 aromatic carbocycles. The molecule has 3 rings (SSSR count). The first-order valence-corrected chi connectivity index (χ1v) is 7.41. The molecular weight excluding hydrogens is 275 g/mol. The number of thiophene rings is 1. The van der Waals surface area contributed by atoms with Gasteiger partial charge in [0, 0.05) is 16.5 Å². The van der Waals surface area contributed by atoms with Crippen molar-refractivity contribution in [2.75, 3.05) is 5.73 Å². The van der Waals surface area contributed by atoms with E-state index in [4.69, 9.17) is 5.73 Å². The lowest BCUT2D eigenvalue weighted by Crippen LogP contribution is -2.32. The number of anilines is 1. The van der Waals surface area contributed by atoms with E-state index in [1.54, 1.807) is 11.3 Å². The minimum absolute atomic E-state index is 0.0164. The molecule has 1 amide bonds. The molecular formula is C15H15FN2OS. The van der Waals surface area contributed by atoms with Crippen molar-refractivity contribution in [3.63, 3.8) is 0 Å². The van der Waals surface area contributed by atoms with Gasteiger partial charge in [-0.05, 0) is 42.5 Å². The summed E-state index contributed by atoms with van der Waals surface area (Å²) in [5.74, 6) is -0.564. The second-order valence-electron chi connectivity index (χ2n) is 4.98. The van der Waals surface area contributed by atoms with Gasteiger partial charge in [0.2, 0.25) is 0 Å². The van der Waals surface area contributed by atoms with E-state index in [-0.39, 0.29) is 11.6 Å². The first-order valence-electron chi connectivity index (χ1n) is 6.53. The zero-order chi connectivity index (χ0) is 14.1. The van der Waals surface area contributed by atoms with E-state index in [2.05, 4.69) is 0 Å². The lowest BCUT2D eigenvalue weighted by atomic mass is 10.1. The fraction of sp³-hybridized carbons (Fsp3) is 0.267. The van der Waals surface area contributed by atoms with Crippen LogP contribution in [-0.2, 0) is 6.54 Å². The van der Waals surface area contributed by atoms with Gasteiger partial charge in [0.15, 0.2) is 0 Å². The predicted octanol–water partition coefficient (Wildman–Crippen LogP) is 3.27. The molecule has 3 nitrogen and oxygen atoms in total. The van der Waals surface area contributed by atoms with Gasteiger partial charge < -0.3 is 10.6 Å². The van der Waals surface area contributed by atoms with Crippen molar-refractivity contribution in [3.05, 3.63) is 52.0 Å². The Bertz CT molecular complexity index is 623. The predicted molar refractivity (Wildman–Crippen MR) is 78.0 cm³/mol. The first-order chi connectivity index (χ1) is 9.65. The third-order valence-corrected chi connectivity index (χ3v) is 4.26. The normalized spacial score (nSPS) is 14.2. The van der Waals surface area contributed by atoms with Crippen molar-refractivity contribution in [1.29, 1.82) is 0 Å². The van der Waals surface area contributed by atoms with Crippen LogP contribution >= 0.6 is 11.3 Å². The highest BCUT2D eigenvalue weighted by Crippen LogP contribution is 2.31. The summed E-state index contributed by atoms with van der Waals surface area (Å²) >= 11 is 1.64. The molecule has 1 aromatic heterocycles. The Kier molecular flexibility index (Phi) is 3.44. The van der Waals surface area contributed by atoms with Crippen molar-refractivity contribution in [1.82, 2.24) is 4.90 Å². The molecule has 20 heavy (non-hydrogen) atoms. The van der Waals surface area contributed by atoms with Gasteiger partial charge in [0.05, 0.1) is 12.2 Å². The van der Waals surface area contributed by atoms with Crippen LogP contribution in [0.3, 0.4) is 0 Å². The van der Waals surface area contributed by atoms with Gasteiger partial charge in [0.1, 0.15) is 5.82 Å². The molecule has 0 radical (unpaired) electrons. The maximum atomic E-state index is 13.2. The van der Waals surface area contributed by atoms with E-state index in [1.807, 2.05) is 22.4 Å². The molecule has 2 N–H and O–H groups in total. The van der Waals surface area contributed by atoms with Crippen LogP contribution in [0, 0.1) is 5.82 Å². The highest BCUT2D eigenvalue weighted by Gasteiger charge is 2.33. The topological polar surface area (TPSA) is 46.3 Å². The molecule has 1 heterocycles. The fourth-order valence-corrected chi connectivity index (χ4v) is 2.87. The monoisotopic (exact) mass is 290 g/mol. The van der Waals surface area contributed by atoms with E-state index >= 15 is 0 Å². The molecule has 5 heteroatoms. The number of halogens is 1. The molecule has 0 bridgehead atoms. The number of hydrogen-bond donors (Lipinski definition) is 1. The Morgan fingerprint density at radius 2 is 2.20 bits per heavy atom. The molecule has 1 aliphatic rings. The Balaban J connectivity index is 1.83. The highest BCUT2D eigenvalue weighted by atomic mass is 32.1. The molecule has 0 aliphatic heterocycles. The average molecular weight is 290 g/mol. The zero-order valence-corrected chi connectivity index (χ0v) is 11.7. The van der Waals surface area contributed by atoms with Crippen LogP contribution in [-0.4, -0.2) is 16.8 Å². The molecule has 1 fully saturated rings. The van der Waals surface area contributed by atoms with Crippen molar-refractivity contribution in [2.45, 2.75) is 25.4 Å². The van der Waals surface area contributed by atoms with Crippen LogP contribution in [0.15, 0.2) is 35.7 Å². The van der Waals surface area contributed by atoms with Crippen LogP contribution in [0.5, 0.6) is 0 Å².